The van der Waals surface area contributed by atoms with Crippen molar-refractivity contribution in [2.45, 2.75) is 76.9 Å². The van der Waals surface area contributed by atoms with E-state index in [2.05, 4.69) is 11.7 Å². The molecule has 4 unspecified atom stereocenters. The molecule has 0 amide bonds. The summed E-state index contributed by atoms with van der Waals surface area (Å²) in [5, 5.41) is 20.8. The Balaban J connectivity index is 2.57. The van der Waals surface area contributed by atoms with E-state index in [0.717, 1.165) is 44.9 Å². The average molecular weight is 413 g/mol. The quantitative estimate of drug-likeness (QED) is 0.255. The second-order valence-corrected chi connectivity index (χ2v) is 8.24. The Labute approximate surface area is 173 Å². The Morgan fingerprint density at radius 3 is 2.57 bits per heavy atom. The fourth-order valence-electron chi connectivity index (χ4n) is 3.51. The monoisotopic (exact) mass is 412 g/mol. The molecule has 0 saturated carbocycles. The Hall–Kier alpha value is -1.11. The molecule has 2 N–H and O–H groups in total. The predicted octanol–water partition coefficient (Wildman–Crippen LogP) is 4.03. The van der Waals surface area contributed by atoms with Crippen molar-refractivity contribution < 1.29 is 24.5 Å². The molecule has 0 heterocycles. The highest BCUT2D eigenvalue weighted by Gasteiger charge is 2.38. The molecule has 28 heavy (non-hydrogen) atoms. The minimum atomic E-state index is -0.724. The summed E-state index contributed by atoms with van der Waals surface area (Å²) in [6.07, 6.45) is 13.3. The van der Waals surface area contributed by atoms with Crippen LogP contribution in [0.3, 0.4) is 0 Å². The fourth-order valence-corrected chi connectivity index (χ4v) is 4.14. The van der Waals surface area contributed by atoms with Crippen molar-refractivity contribution in [3.8, 4) is 0 Å². The lowest BCUT2D eigenvalue weighted by atomic mass is 9.86. The summed E-state index contributed by atoms with van der Waals surface area (Å²) in [5.74, 6) is -0.893. The van der Waals surface area contributed by atoms with Gasteiger partial charge in [0.05, 0.1) is 25.2 Å². The summed E-state index contributed by atoms with van der Waals surface area (Å²) in [4.78, 5) is 24.5. The van der Waals surface area contributed by atoms with Gasteiger partial charge in [-0.25, -0.2) is 0 Å². The molecular formula is C22H36O5S. The van der Waals surface area contributed by atoms with Gasteiger partial charge in [0.15, 0.2) is 5.78 Å². The van der Waals surface area contributed by atoms with Gasteiger partial charge in [0.1, 0.15) is 0 Å². The highest BCUT2D eigenvalue weighted by atomic mass is 32.2. The van der Waals surface area contributed by atoms with Gasteiger partial charge in [-0.1, -0.05) is 57.3 Å². The number of rotatable bonds is 14. The van der Waals surface area contributed by atoms with Gasteiger partial charge < -0.3 is 14.9 Å². The molecule has 0 aromatic carbocycles. The van der Waals surface area contributed by atoms with Crippen LogP contribution in [0.25, 0.3) is 0 Å². The van der Waals surface area contributed by atoms with Crippen LogP contribution < -0.4 is 0 Å². The molecule has 4 atom stereocenters. The maximum Gasteiger partial charge on any atom is 0.305 e. The van der Waals surface area contributed by atoms with E-state index < -0.39 is 18.1 Å². The van der Waals surface area contributed by atoms with E-state index in [1.807, 2.05) is 18.4 Å². The lowest BCUT2D eigenvalue weighted by molar-refractivity contribution is -0.140. The Morgan fingerprint density at radius 2 is 1.93 bits per heavy atom. The molecular weight excluding hydrogens is 376 g/mol. The first-order chi connectivity index (χ1) is 13.4. The number of esters is 1. The number of allylic oxidation sites excluding steroid dienone is 3. The first-order valence-corrected chi connectivity index (χ1v) is 11.6. The molecule has 0 radical (unpaired) electrons. The number of hydrogen-bond acceptors (Lipinski definition) is 6. The summed E-state index contributed by atoms with van der Waals surface area (Å²) in [6, 6.07) is 0. The van der Waals surface area contributed by atoms with Crippen LogP contribution in [0.5, 0.6) is 0 Å². The molecule has 0 aromatic rings. The Kier molecular flexibility index (Phi) is 12.4. The van der Waals surface area contributed by atoms with E-state index in [9.17, 15) is 19.8 Å². The number of ether oxygens (including phenoxy) is 1. The van der Waals surface area contributed by atoms with Crippen molar-refractivity contribution in [3.63, 3.8) is 0 Å². The summed E-state index contributed by atoms with van der Waals surface area (Å²) in [6.45, 7) is 2.13. The smallest absolute Gasteiger partial charge is 0.305 e. The zero-order chi connectivity index (χ0) is 20.9. The minimum Gasteiger partial charge on any atom is -0.469 e. The molecule has 0 fully saturated rings. The number of methoxy groups -OCH3 is 1. The van der Waals surface area contributed by atoms with E-state index in [1.54, 1.807) is 6.08 Å². The van der Waals surface area contributed by atoms with Gasteiger partial charge in [-0.3, -0.25) is 9.59 Å². The van der Waals surface area contributed by atoms with Crippen molar-refractivity contribution >= 4 is 23.5 Å². The van der Waals surface area contributed by atoms with E-state index >= 15 is 0 Å². The van der Waals surface area contributed by atoms with E-state index in [-0.39, 0.29) is 17.7 Å². The van der Waals surface area contributed by atoms with Crippen molar-refractivity contribution in [3.05, 3.63) is 23.1 Å². The third-order valence-electron chi connectivity index (χ3n) is 5.21. The van der Waals surface area contributed by atoms with Crippen LogP contribution in [0.4, 0.5) is 0 Å². The van der Waals surface area contributed by atoms with Gasteiger partial charge in [-0.2, -0.15) is 0 Å². The van der Waals surface area contributed by atoms with Crippen molar-refractivity contribution in [1.29, 1.82) is 0 Å². The number of unbranched alkanes of at least 4 members (excludes halogenated alkanes) is 4. The highest BCUT2D eigenvalue weighted by Crippen LogP contribution is 2.37. The number of carbonyl (C=O) groups is 2. The highest BCUT2D eigenvalue weighted by molar-refractivity contribution is 8.03. The normalized spacial score (nSPS) is 21.8. The van der Waals surface area contributed by atoms with Crippen LogP contribution in [-0.2, 0) is 14.3 Å². The first kappa shape index (κ1) is 24.9. The second kappa shape index (κ2) is 14.0. The third kappa shape index (κ3) is 8.50. The van der Waals surface area contributed by atoms with Gasteiger partial charge in [0, 0.05) is 17.2 Å². The third-order valence-corrected chi connectivity index (χ3v) is 5.98. The molecule has 1 aliphatic rings. The molecule has 0 bridgehead atoms. The van der Waals surface area contributed by atoms with E-state index in [4.69, 9.17) is 0 Å². The van der Waals surface area contributed by atoms with Gasteiger partial charge in [-0.15, -0.1) is 11.8 Å². The fraction of sp³-hybridized carbons (Fsp3) is 0.727. The molecule has 0 saturated heterocycles. The van der Waals surface area contributed by atoms with Crippen LogP contribution >= 0.6 is 11.8 Å². The standard InChI is InChI=1S/C22H36O5S/c1-4-5-7-10-17(23)14-13-16-15-19(28-3)22(26)21(16)18(24)11-8-6-9-12-20(25)27-2/h13-18,21,23-24H,4-12H2,1-3H3. The lowest BCUT2D eigenvalue weighted by Gasteiger charge is -2.22. The van der Waals surface area contributed by atoms with Crippen LogP contribution in [-0.4, -0.2) is 47.5 Å². The molecule has 0 aromatic heterocycles. The van der Waals surface area contributed by atoms with Gasteiger partial charge in [0.2, 0.25) is 0 Å². The molecule has 0 aliphatic heterocycles. The van der Waals surface area contributed by atoms with E-state index in [0.29, 0.717) is 17.7 Å². The number of aliphatic hydroxyl groups excluding tert-OH is 2. The number of Topliss-reactive ketones (excluding diaryl/α,β-unsaturated/α-hetero) is 1. The number of thioether (sulfide) groups is 1. The first-order valence-electron chi connectivity index (χ1n) is 10.4. The second-order valence-electron chi connectivity index (χ2n) is 7.39. The molecule has 0 spiro atoms. The number of aliphatic hydroxyl groups is 2. The molecule has 6 heteroatoms. The SMILES string of the molecule is CCCCCC(O)C=CC1C=C(SC)C(=O)C1C(O)CCCCCC(=O)OC. The largest absolute Gasteiger partial charge is 0.469 e. The maximum atomic E-state index is 12.7. The van der Waals surface area contributed by atoms with Gasteiger partial charge >= 0.3 is 5.97 Å². The topological polar surface area (TPSA) is 83.8 Å². The molecule has 160 valence electrons. The van der Waals surface area contributed by atoms with Crippen LogP contribution in [0.15, 0.2) is 23.1 Å². The zero-order valence-corrected chi connectivity index (χ0v) is 18.2. The molecule has 1 rings (SSSR count). The number of hydrogen-bond donors (Lipinski definition) is 2. The predicted molar refractivity (Wildman–Crippen MR) is 114 cm³/mol. The van der Waals surface area contributed by atoms with Gasteiger partial charge in [-0.05, 0) is 25.5 Å². The number of ketones is 1. The average Bonchev–Trinajstić information content (AvgIpc) is 3.01. The summed E-state index contributed by atoms with van der Waals surface area (Å²) >= 11 is 1.41. The summed E-state index contributed by atoms with van der Waals surface area (Å²) in [5.41, 5.74) is 0. The zero-order valence-electron chi connectivity index (χ0n) is 17.4. The van der Waals surface area contributed by atoms with Gasteiger partial charge in [0.25, 0.3) is 0 Å². The number of carbonyl (C=O) groups excluding carboxylic acids is 2. The summed E-state index contributed by atoms with van der Waals surface area (Å²) < 4.78 is 4.62. The van der Waals surface area contributed by atoms with Crippen molar-refractivity contribution in [2.24, 2.45) is 11.8 Å². The van der Waals surface area contributed by atoms with Crippen LogP contribution in [0, 0.1) is 11.8 Å². The molecule has 5 nitrogen and oxygen atoms in total. The van der Waals surface area contributed by atoms with Crippen molar-refractivity contribution in [2.75, 3.05) is 13.4 Å². The molecule has 1 aliphatic carbocycles. The lowest BCUT2D eigenvalue weighted by Crippen LogP contribution is -2.30. The van der Waals surface area contributed by atoms with Crippen LogP contribution in [0.1, 0.15) is 64.7 Å². The van der Waals surface area contributed by atoms with E-state index in [1.165, 1.54) is 18.9 Å². The summed E-state index contributed by atoms with van der Waals surface area (Å²) in [7, 11) is 1.38. The maximum absolute atomic E-state index is 12.7. The van der Waals surface area contributed by atoms with Crippen molar-refractivity contribution in [1.82, 2.24) is 0 Å². The minimum absolute atomic E-state index is 0.00955. The Morgan fingerprint density at radius 1 is 1.21 bits per heavy atom. The van der Waals surface area contributed by atoms with Crippen LogP contribution in [0.2, 0.25) is 0 Å². The Bertz CT molecular complexity index is 543.